The highest BCUT2D eigenvalue weighted by atomic mass is 19.4. The molecule has 7 nitrogen and oxygen atoms in total. The largest absolute Gasteiger partial charge is 0.416 e. The Morgan fingerprint density at radius 2 is 1.64 bits per heavy atom. The number of benzene rings is 2. The van der Waals surface area contributed by atoms with Crippen LogP contribution in [0.1, 0.15) is 32.1 Å². The van der Waals surface area contributed by atoms with Gasteiger partial charge in [0.05, 0.1) is 16.8 Å². The first kappa shape index (κ1) is 23.6. The van der Waals surface area contributed by atoms with Crippen LogP contribution in [-0.4, -0.2) is 34.7 Å². The molecule has 2 N–H and O–H groups in total. The summed E-state index contributed by atoms with van der Waals surface area (Å²) in [6.45, 7) is 1.30. The van der Waals surface area contributed by atoms with Gasteiger partial charge in [0.15, 0.2) is 5.69 Å². The smallest absolute Gasteiger partial charge is 0.350 e. The molecule has 2 aromatic carbocycles. The Morgan fingerprint density at radius 3 is 2.30 bits per heavy atom. The molecule has 0 radical (unpaired) electrons. The van der Waals surface area contributed by atoms with Gasteiger partial charge >= 0.3 is 6.18 Å². The minimum Gasteiger partial charge on any atom is -0.350 e. The zero-order valence-electron chi connectivity index (χ0n) is 17.2. The molecule has 3 rings (SSSR count). The predicted octanol–water partition coefficient (Wildman–Crippen LogP) is 2.86. The molecule has 1 heterocycles. The second-order valence-corrected chi connectivity index (χ2v) is 6.95. The number of amides is 2. The topological polar surface area (TPSA) is 93.1 Å². The maximum Gasteiger partial charge on any atom is 0.416 e. The second kappa shape index (κ2) is 9.63. The molecule has 0 bridgehead atoms. The lowest BCUT2D eigenvalue weighted by Gasteiger charge is -2.13. The fourth-order valence-corrected chi connectivity index (χ4v) is 2.96. The van der Waals surface area contributed by atoms with E-state index in [1.807, 2.05) is 0 Å². The van der Waals surface area contributed by atoms with E-state index in [9.17, 15) is 31.9 Å². The molecule has 0 saturated heterocycles. The number of rotatable bonds is 6. The van der Waals surface area contributed by atoms with Crippen molar-refractivity contribution in [3.63, 3.8) is 0 Å². The van der Waals surface area contributed by atoms with Gasteiger partial charge in [0.2, 0.25) is 5.43 Å². The third-order valence-electron chi connectivity index (χ3n) is 4.56. The van der Waals surface area contributed by atoms with Crippen LogP contribution in [0.15, 0.2) is 59.4 Å². The Kier molecular flexibility index (Phi) is 6.90. The van der Waals surface area contributed by atoms with Crippen molar-refractivity contribution in [1.82, 2.24) is 20.4 Å². The number of alkyl halides is 3. The van der Waals surface area contributed by atoms with E-state index in [1.54, 1.807) is 0 Å². The van der Waals surface area contributed by atoms with Crippen LogP contribution in [0, 0.1) is 12.7 Å². The molecule has 0 spiro atoms. The molecule has 0 aliphatic carbocycles. The van der Waals surface area contributed by atoms with E-state index in [4.69, 9.17) is 0 Å². The van der Waals surface area contributed by atoms with Crippen LogP contribution >= 0.6 is 0 Å². The van der Waals surface area contributed by atoms with Gasteiger partial charge in [0.1, 0.15) is 5.82 Å². The minimum atomic E-state index is -4.57. The normalized spacial score (nSPS) is 11.2. The molecule has 0 atom stereocenters. The number of nitrogens with zero attached hydrogens (tertiary/aromatic N) is 2. The second-order valence-electron chi connectivity index (χ2n) is 6.95. The van der Waals surface area contributed by atoms with Crippen molar-refractivity contribution >= 4 is 11.8 Å². The third-order valence-corrected chi connectivity index (χ3v) is 4.56. The molecule has 172 valence electrons. The number of halogens is 4. The number of carbonyl (C=O) groups excluding carboxylic acids is 2. The molecule has 11 heteroatoms. The average molecular weight is 462 g/mol. The summed E-state index contributed by atoms with van der Waals surface area (Å²) in [5, 5.41) is 8.74. The van der Waals surface area contributed by atoms with Crippen LogP contribution in [0.5, 0.6) is 0 Å². The number of aryl methyl sites for hydroxylation is 1. The Labute approximate surface area is 185 Å². The molecule has 0 unspecified atom stereocenters. The summed E-state index contributed by atoms with van der Waals surface area (Å²) >= 11 is 0. The quantitative estimate of drug-likeness (QED) is 0.435. The van der Waals surface area contributed by atoms with Gasteiger partial charge in [-0.05, 0) is 37.3 Å². The molecule has 33 heavy (non-hydrogen) atoms. The molecule has 0 aliphatic rings. The Morgan fingerprint density at radius 1 is 0.970 bits per heavy atom. The molecule has 3 aromatic rings. The summed E-state index contributed by atoms with van der Waals surface area (Å²) in [7, 11) is 0. The maximum atomic E-state index is 13.6. The van der Waals surface area contributed by atoms with Gasteiger partial charge in [-0.25, -0.2) is 9.07 Å². The van der Waals surface area contributed by atoms with Crippen molar-refractivity contribution in [2.75, 3.05) is 13.1 Å². The highest BCUT2D eigenvalue weighted by Crippen LogP contribution is 2.30. The number of aromatic nitrogens is 2. The lowest BCUT2D eigenvalue weighted by molar-refractivity contribution is -0.137. The van der Waals surface area contributed by atoms with Crippen molar-refractivity contribution in [3.8, 4) is 5.69 Å². The third kappa shape index (κ3) is 5.62. The van der Waals surface area contributed by atoms with Gasteiger partial charge in [-0.15, -0.1) is 0 Å². The van der Waals surface area contributed by atoms with Crippen LogP contribution in [0.2, 0.25) is 0 Å². The number of nitrogens with one attached hydrogen (secondary N) is 2. The van der Waals surface area contributed by atoms with Gasteiger partial charge < -0.3 is 10.6 Å². The first-order valence-corrected chi connectivity index (χ1v) is 9.67. The lowest BCUT2D eigenvalue weighted by atomic mass is 10.2. The number of hydrogen-bond acceptors (Lipinski definition) is 4. The van der Waals surface area contributed by atoms with E-state index < -0.39 is 40.5 Å². The summed E-state index contributed by atoms with van der Waals surface area (Å²) in [4.78, 5) is 36.6. The lowest BCUT2D eigenvalue weighted by Crippen LogP contribution is -2.37. The van der Waals surface area contributed by atoms with Crippen LogP contribution in [0.25, 0.3) is 5.69 Å². The highest BCUT2D eigenvalue weighted by Gasteiger charge is 2.30. The van der Waals surface area contributed by atoms with Gasteiger partial charge in [-0.2, -0.15) is 18.3 Å². The Balaban J connectivity index is 1.71. The van der Waals surface area contributed by atoms with Crippen molar-refractivity contribution in [2.24, 2.45) is 0 Å². The summed E-state index contributed by atoms with van der Waals surface area (Å²) in [5.74, 6) is -2.25. The molecular weight excluding hydrogens is 444 g/mol. The van der Waals surface area contributed by atoms with Gasteiger partial charge in [-0.1, -0.05) is 18.2 Å². The van der Waals surface area contributed by atoms with E-state index in [0.29, 0.717) is 0 Å². The van der Waals surface area contributed by atoms with Gasteiger partial charge in [-0.3, -0.25) is 14.4 Å². The van der Waals surface area contributed by atoms with E-state index >= 15 is 0 Å². The van der Waals surface area contributed by atoms with Gasteiger partial charge in [0.25, 0.3) is 11.8 Å². The molecule has 0 fully saturated rings. The average Bonchev–Trinajstić information content (AvgIpc) is 2.76. The highest BCUT2D eigenvalue weighted by molar-refractivity contribution is 5.94. The Bertz CT molecular complexity index is 1250. The van der Waals surface area contributed by atoms with Crippen molar-refractivity contribution < 1.29 is 27.2 Å². The van der Waals surface area contributed by atoms with Crippen LogP contribution in [0.3, 0.4) is 0 Å². The van der Waals surface area contributed by atoms with E-state index in [1.165, 1.54) is 37.3 Å². The minimum absolute atomic E-state index is 0.0218. The fourth-order valence-electron chi connectivity index (χ4n) is 2.96. The molecule has 0 aliphatic heterocycles. The van der Waals surface area contributed by atoms with Crippen LogP contribution in [0.4, 0.5) is 17.6 Å². The fraction of sp³-hybridized carbons (Fsp3) is 0.182. The van der Waals surface area contributed by atoms with Crippen molar-refractivity contribution in [3.05, 3.63) is 93.2 Å². The summed E-state index contributed by atoms with van der Waals surface area (Å²) in [5.41, 5.74) is -2.06. The SMILES string of the molecule is Cc1cc(=O)c(C(=O)NCCNC(=O)c2ccccc2F)nn1-c1cccc(C(F)(F)F)c1. The number of carbonyl (C=O) groups is 2. The molecule has 1 aromatic heterocycles. The standard InChI is InChI=1S/C22H18F4N4O3/c1-13-11-18(31)19(29-30(13)15-6-4-5-14(12-15)22(24,25)26)21(33)28-10-9-27-20(32)16-7-2-3-8-17(16)23/h2-8,11-12H,9-10H2,1H3,(H,27,32)(H,28,33). The maximum absolute atomic E-state index is 13.6. The number of hydrogen-bond donors (Lipinski definition) is 2. The molecule has 2 amide bonds. The summed E-state index contributed by atoms with van der Waals surface area (Å²) in [6.07, 6.45) is -4.57. The van der Waals surface area contributed by atoms with Crippen LogP contribution in [-0.2, 0) is 6.18 Å². The van der Waals surface area contributed by atoms with Gasteiger partial charge in [0, 0.05) is 24.8 Å². The monoisotopic (exact) mass is 462 g/mol. The van der Waals surface area contributed by atoms with Crippen LogP contribution < -0.4 is 16.1 Å². The first-order valence-electron chi connectivity index (χ1n) is 9.67. The zero-order chi connectivity index (χ0) is 24.2. The predicted molar refractivity (Wildman–Crippen MR) is 111 cm³/mol. The zero-order valence-corrected chi connectivity index (χ0v) is 17.2. The van der Waals surface area contributed by atoms with E-state index in [-0.39, 0.29) is 30.0 Å². The summed E-state index contributed by atoms with van der Waals surface area (Å²) < 4.78 is 53.7. The molecule has 0 saturated carbocycles. The van der Waals surface area contributed by atoms with Crippen molar-refractivity contribution in [1.29, 1.82) is 0 Å². The summed E-state index contributed by atoms with van der Waals surface area (Å²) in [6, 6.07) is 10.8. The van der Waals surface area contributed by atoms with E-state index in [0.717, 1.165) is 28.9 Å². The van der Waals surface area contributed by atoms with E-state index in [2.05, 4.69) is 15.7 Å². The first-order chi connectivity index (χ1) is 15.6. The molecular formula is C22H18F4N4O3. The van der Waals surface area contributed by atoms with Crippen molar-refractivity contribution in [2.45, 2.75) is 13.1 Å². The Hall–Kier alpha value is -4.02.